The molecule has 11 heteroatoms. The van der Waals surface area contributed by atoms with Crippen LogP contribution in [0.15, 0.2) is 14.6 Å². The van der Waals surface area contributed by atoms with Crippen LogP contribution in [-0.2, 0) is 34.4 Å². The standard InChI is InChI=1S/C23H32N4O6S/c1-11(2)10-27-21-18(19(28)25(5)23(27)31)17(20(29)26(6)33-8)15(34-21)9-14-12(3)24-13(4)16(14)22(30)32-7/h11,15,17,24H,9-10H2,1-8H3. The van der Waals surface area contributed by atoms with Gasteiger partial charge in [-0.25, -0.2) is 14.7 Å². The third-order valence-electron chi connectivity index (χ3n) is 6.17. The molecular weight excluding hydrogens is 460 g/mol. The van der Waals surface area contributed by atoms with Gasteiger partial charge in [-0.3, -0.25) is 23.6 Å². The number of ether oxygens (including phenoxy) is 1. The molecule has 1 aliphatic heterocycles. The van der Waals surface area contributed by atoms with Crippen molar-refractivity contribution in [2.24, 2.45) is 13.0 Å². The minimum absolute atomic E-state index is 0.148. The first-order valence-electron chi connectivity index (χ1n) is 11.0. The van der Waals surface area contributed by atoms with Gasteiger partial charge in [-0.15, -0.1) is 11.8 Å². The van der Waals surface area contributed by atoms with Gasteiger partial charge in [0, 0.05) is 37.3 Å². The van der Waals surface area contributed by atoms with E-state index in [1.807, 2.05) is 20.8 Å². The van der Waals surface area contributed by atoms with Crippen LogP contribution >= 0.6 is 11.8 Å². The maximum absolute atomic E-state index is 13.4. The van der Waals surface area contributed by atoms with Crippen LogP contribution in [0, 0.1) is 19.8 Å². The van der Waals surface area contributed by atoms with Gasteiger partial charge in [-0.2, -0.15) is 0 Å². The highest BCUT2D eigenvalue weighted by Gasteiger charge is 2.45. The second-order valence-electron chi connectivity index (χ2n) is 8.95. The number of H-pyrrole nitrogens is 1. The monoisotopic (exact) mass is 492 g/mol. The van der Waals surface area contributed by atoms with Gasteiger partial charge in [0.15, 0.2) is 0 Å². The van der Waals surface area contributed by atoms with Crippen LogP contribution in [0.1, 0.15) is 52.6 Å². The number of thioether (sulfide) groups is 1. The average Bonchev–Trinajstić information content (AvgIpc) is 3.30. The number of carbonyl (C=O) groups is 2. The molecule has 2 aromatic rings. The summed E-state index contributed by atoms with van der Waals surface area (Å²) in [5.74, 6) is -1.57. The van der Waals surface area contributed by atoms with Crippen molar-refractivity contribution in [1.29, 1.82) is 0 Å². The number of hydrogen-bond donors (Lipinski definition) is 1. The Morgan fingerprint density at radius 2 is 1.82 bits per heavy atom. The fraction of sp³-hybridized carbons (Fsp3) is 0.565. The minimum atomic E-state index is -0.859. The number of carbonyl (C=O) groups excluding carboxylic acids is 2. The van der Waals surface area contributed by atoms with Crippen molar-refractivity contribution in [3.63, 3.8) is 0 Å². The van der Waals surface area contributed by atoms with Crippen molar-refractivity contribution in [2.75, 3.05) is 21.3 Å². The Hall–Kier alpha value is -2.79. The summed E-state index contributed by atoms with van der Waals surface area (Å²) in [4.78, 5) is 60.5. The number of esters is 1. The molecule has 2 unspecified atom stereocenters. The number of rotatable bonds is 7. The molecule has 10 nitrogen and oxygen atoms in total. The van der Waals surface area contributed by atoms with Gasteiger partial charge in [0.05, 0.1) is 36.3 Å². The van der Waals surface area contributed by atoms with Crippen molar-refractivity contribution < 1.29 is 19.2 Å². The molecule has 2 aromatic heterocycles. The molecular formula is C23H32N4O6S. The Balaban J connectivity index is 2.22. The average molecular weight is 493 g/mol. The third kappa shape index (κ3) is 4.34. The second kappa shape index (κ2) is 9.83. The predicted molar refractivity (Wildman–Crippen MR) is 128 cm³/mol. The summed E-state index contributed by atoms with van der Waals surface area (Å²) in [6.07, 6.45) is 0.312. The van der Waals surface area contributed by atoms with Crippen LogP contribution < -0.4 is 11.2 Å². The molecule has 0 saturated carbocycles. The van der Waals surface area contributed by atoms with Gasteiger partial charge >= 0.3 is 11.7 Å². The Bertz CT molecular complexity index is 1240. The third-order valence-corrected chi connectivity index (χ3v) is 7.58. The molecule has 0 saturated heterocycles. The second-order valence-corrected chi connectivity index (χ2v) is 10.2. The van der Waals surface area contributed by atoms with Crippen molar-refractivity contribution in [2.45, 2.75) is 56.9 Å². The highest BCUT2D eigenvalue weighted by atomic mass is 32.2. The van der Waals surface area contributed by atoms with E-state index in [0.29, 0.717) is 29.2 Å². The summed E-state index contributed by atoms with van der Waals surface area (Å²) in [6.45, 7) is 8.02. The Morgan fingerprint density at radius 1 is 1.18 bits per heavy atom. The van der Waals surface area contributed by atoms with Crippen LogP contribution in [0.25, 0.3) is 0 Å². The molecule has 0 aliphatic carbocycles. The van der Waals surface area contributed by atoms with Gasteiger partial charge in [-0.05, 0) is 31.7 Å². The molecule has 186 valence electrons. The topological polar surface area (TPSA) is 116 Å². The van der Waals surface area contributed by atoms with Gasteiger partial charge in [0.2, 0.25) is 0 Å². The first-order chi connectivity index (χ1) is 15.9. The van der Waals surface area contributed by atoms with E-state index in [1.165, 1.54) is 40.1 Å². The van der Waals surface area contributed by atoms with E-state index in [2.05, 4.69) is 4.98 Å². The van der Waals surface area contributed by atoms with Crippen LogP contribution in [0.5, 0.6) is 0 Å². The van der Waals surface area contributed by atoms with E-state index in [9.17, 15) is 19.2 Å². The number of aryl methyl sites for hydroxylation is 2. The number of methoxy groups -OCH3 is 1. The summed E-state index contributed by atoms with van der Waals surface area (Å²) < 4.78 is 7.62. The number of amides is 1. The van der Waals surface area contributed by atoms with Crippen LogP contribution in [-0.4, -0.2) is 57.6 Å². The lowest BCUT2D eigenvalue weighted by Crippen LogP contribution is -2.43. The zero-order chi connectivity index (χ0) is 25.5. The number of hydrogen-bond acceptors (Lipinski definition) is 7. The van der Waals surface area contributed by atoms with Crippen LogP contribution in [0.2, 0.25) is 0 Å². The predicted octanol–water partition coefficient (Wildman–Crippen LogP) is 1.75. The van der Waals surface area contributed by atoms with Crippen molar-refractivity contribution in [1.82, 2.24) is 19.2 Å². The number of aromatic nitrogens is 3. The van der Waals surface area contributed by atoms with E-state index in [0.717, 1.165) is 20.9 Å². The van der Waals surface area contributed by atoms with E-state index in [1.54, 1.807) is 11.5 Å². The molecule has 1 aliphatic rings. The number of nitrogens with zero attached hydrogens (tertiary/aromatic N) is 3. The summed E-state index contributed by atoms with van der Waals surface area (Å²) in [7, 11) is 5.61. The molecule has 34 heavy (non-hydrogen) atoms. The van der Waals surface area contributed by atoms with Gasteiger partial charge in [0.25, 0.3) is 11.5 Å². The Morgan fingerprint density at radius 3 is 2.38 bits per heavy atom. The highest BCUT2D eigenvalue weighted by Crippen LogP contribution is 2.46. The van der Waals surface area contributed by atoms with Crippen LogP contribution in [0.3, 0.4) is 0 Å². The number of hydroxylamine groups is 2. The van der Waals surface area contributed by atoms with E-state index < -0.39 is 34.3 Å². The largest absolute Gasteiger partial charge is 0.465 e. The van der Waals surface area contributed by atoms with Gasteiger partial charge in [0.1, 0.15) is 0 Å². The molecule has 0 bridgehead atoms. The zero-order valence-corrected chi connectivity index (χ0v) is 21.7. The highest BCUT2D eigenvalue weighted by molar-refractivity contribution is 8.00. The molecule has 0 spiro atoms. The maximum Gasteiger partial charge on any atom is 0.339 e. The van der Waals surface area contributed by atoms with Crippen molar-refractivity contribution in [3.05, 3.63) is 48.9 Å². The normalized spacial score (nSPS) is 17.2. The fourth-order valence-electron chi connectivity index (χ4n) is 4.48. The lowest BCUT2D eigenvalue weighted by Gasteiger charge is -2.23. The summed E-state index contributed by atoms with van der Waals surface area (Å²) in [5, 5.41) is 1.16. The quantitative estimate of drug-likeness (QED) is 0.356. The molecule has 1 amide bonds. The molecule has 0 fully saturated rings. The molecule has 0 aromatic carbocycles. The van der Waals surface area contributed by atoms with E-state index >= 15 is 0 Å². The van der Waals surface area contributed by atoms with Crippen molar-refractivity contribution in [3.8, 4) is 0 Å². The van der Waals surface area contributed by atoms with E-state index in [4.69, 9.17) is 9.57 Å². The molecule has 0 radical (unpaired) electrons. The van der Waals surface area contributed by atoms with Crippen molar-refractivity contribution >= 4 is 23.6 Å². The summed E-state index contributed by atoms with van der Waals surface area (Å²) in [5.41, 5.74) is 1.99. The SMILES string of the molecule is COC(=O)c1c(C)[nH]c(C)c1CC1Sc2c(c(=O)n(C)c(=O)n2CC(C)C)C1C(=O)N(C)OC. The minimum Gasteiger partial charge on any atom is -0.465 e. The van der Waals surface area contributed by atoms with E-state index in [-0.39, 0.29) is 11.5 Å². The van der Waals surface area contributed by atoms with Gasteiger partial charge < -0.3 is 9.72 Å². The smallest absolute Gasteiger partial charge is 0.339 e. The Labute approximate surface area is 202 Å². The lowest BCUT2D eigenvalue weighted by atomic mass is 9.91. The first-order valence-corrected chi connectivity index (χ1v) is 11.9. The summed E-state index contributed by atoms with van der Waals surface area (Å²) in [6, 6.07) is 0. The Kier molecular flexibility index (Phi) is 7.47. The number of nitrogens with one attached hydrogen (secondary N) is 1. The molecule has 2 atom stereocenters. The number of fused-ring (bicyclic) bond motifs is 1. The first kappa shape index (κ1) is 25.8. The van der Waals surface area contributed by atoms with Crippen LogP contribution in [0.4, 0.5) is 0 Å². The van der Waals surface area contributed by atoms with Gasteiger partial charge in [-0.1, -0.05) is 13.8 Å². The maximum atomic E-state index is 13.4. The number of aromatic amines is 1. The number of likely N-dealkylation sites (N-methyl/N-ethyl adjacent to an activating group) is 1. The molecule has 1 N–H and O–H groups in total. The summed E-state index contributed by atoms with van der Waals surface area (Å²) >= 11 is 1.33. The fourth-order valence-corrected chi connectivity index (χ4v) is 6.03. The lowest BCUT2D eigenvalue weighted by molar-refractivity contribution is -0.170. The zero-order valence-electron chi connectivity index (χ0n) is 20.8. The molecule has 3 rings (SSSR count). The molecule has 3 heterocycles.